The molecule has 0 aliphatic carbocycles. The number of nitrogens with one attached hydrogen (secondary N) is 1. The van der Waals surface area contributed by atoms with Gasteiger partial charge in [0.2, 0.25) is 11.1 Å². The van der Waals surface area contributed by atoms with Crippen LogP contribution in [0.3, 0.4) is 0 Å². The first-order valence-electron chi connectivity index (χ1n) is 14.7. The van der Waals surface area contributed by atoms with Crippen LogP contribution in [0, 0.1) is 18.3 Å². The van der Waals surface area contributed by atoms with E-state index >= 15 is 0 Å². The summed E-state index contributed by atoms with van der Waals surface area (Å²) in [6.45, 7) is 11.6. The molecule has 46 heavy (non-hydrogen) atoms. The second-order valence-electron chi connectivity index (χ2n) is 13.1. The predicted octanol–water partition coefficient (Wildman–Crippen LogP) is 3.77. The summed E-state index contributed by atoms with van der Waals surface area (Å²) in [4.78, 5) is 25.1. The Labute approximate surface area is 274 Å². The predicted molar refractivity (Wildman–Crippen MR) is 176 cm³/mol. The van der Waals surface area contributed by atoms with Crippen molar-refractivity contribution in [3.8, 4) is 12.3 Å². The number of halogens is 1. The second-order valence-corrected chi connectivity index (χ2v) is 15.5. The maximum absolute atomic E-state index is 12.5. The topological polar surface area (TPSA) is 141 Å². The number of ether oxygens (including phenoxy) is 2. The molecule has 11 nitrogen and oxygen atoms in total. The van der Waals surface area contributed by atoms with Gasteiger partial charge in [0.1, 0.15) is 17.6 Å². The zero-order valence-corrected chi connectivity index (χ0v) is 28.2. The molecule has 0 saturated carbocycles. The summed E-state index contributed by atoms with van der Waals surface area (Å²) in [7, 11) is -1.78. The van der Waals surface area contributed by atoms with Gasteiger partial charge in [-0.15, -0.1) is 6.42 Å². The van der Waals surface area contributed by atoms with Gasteiger partial charge in [-0.2, -0.15) is 9.97 Å². The minimum Gasteiger partial charge on any atom is -0.444 e. The van der Waals surface area contributed by atoms with Gasteiger partial charge in [0.05, 0.1) is 12.9 Å². The number of aliphatic hydroxyl groups is 2. The van der Waals surface area contributed by atoms with Crippen molar-refractivity contribution in [3.63, 3.8) is 0 Å². The Bertz CT molecular complexity index is 1750. The van der Waals surface area contributed by atoms with E-state index < -0.39 is 44.8 Å². The summed E-state index contributed by atoms with van der Waals surface area (Å²) >= 11 is 6.20. The monoisotopic (exact) mass is 662 g/mol. The molecule has 0 bridgehead atoms. The van der Waals surface area contributed by atoms with Crippen LogP contribution < -0.4 is 15.7 Å². The number of carbonyl (C=O) groups is 1. The number of terminal acetylenes is 1. The number of anilines is 1. The lowest BCUT2D eigenvalue weighted by molar-refractivity contribution is -0.227. The van der Waals surface area contributed by atoms with E-state index in [4.69, 9.17) is 31.9 Å². The number of amides is 1. The van der Waals surface area contributed by atoms with Crippen molar-refractivity contribution in [3.05, 3.63) is 71.8 Å². The number of nitrogens with zero attached hydrogens (tertiary/aromatic N) is 4. The molecule has 3 unspecified atom stereocenters. The van der Waals surface area contributed by atoms with E-state index in [9.17, 15) is 15.0 Å². The van der Waals surface area contributed by atoms with E-state index in [1.54, 1.807) is 20.8 Å². The van der Waals surface area contributed by atoms with E-state index in [1.165, 1.54) is 16.5 Å². The molecular weight excluding hydrogens is 626 g/mol. The first-order valence-corrected chi connectivity index (χ1v) is 16.5. The third-order valence-corrected chi connectivity index (χ3v) is 9.72. The highest BCUT2D eigenvalue weighted by atomic mass is 35.5. The molecule has 1 aliphatic rings. The SMILES string of the molecule is C#CC1C(CO[Si](c2ccccc2)c2ccc(C(C)(C)C)cc2)OC(n2cnc3c(NC(=O)OC(C)(C)C)nc(Cl)nc32)C1(O)O. The van der Waals surface area contributed by atoms with Gasteiger partial charge in [-0.25, -0.2) is 9.78 Å². The molecule has 4 aromatic rings. The van der Waals surface area contributed by atoms with Crippen LogP contribution in [0.15, 0.2) is 60.9 Å². The molecule has 241 valence electrons. The smallest absolute Gasteiger partial charge is 0.413 e. The summed E-state index contributed by atoms with van der Waals surface area (Å²) in [5, 5.41) is 27.1. The molecule has 0 spiro atoms. The molecule has 3 atom stereocenters. The van der Waals surface area contributed by atoms with Gasteiger partial charge in [0, 0.05) is 0 Å². The Morgan fingerprint density at radius 2 is 1.74 bits per heavy atom. The number of hydrogen-bond donors (Lipinski definition) is 3. The van der Waals surface area contributed by atoms with Crippen LogP contribution in [-0.4, -0.2) is 69.0 Å². The maximum Gasteiger partial charge on any atom is 0.413 e. The minimum absolute atomic E-state index is 0.00343. The molecule has 2 aromatic heterocycles. The molecule has 3 N–H and O–H groups in total. The van der Waals surface area contributed by atoms with Gasteiger partial charge in [-0.05, 0) is 53.7 Å². The molecule has 2 aromatic carbocycles. The van der Waals surface area contributed by atoms with Gasteiger partial charge in [0.25, 0.3) is 9.04 Å². The molecule has 1 fully saturated rings. The van der Waals surface area contributed by atoms with E-state index in [0.717, 1.165) is 10.4 Å². The molecule has 5 rings (SSSR count). The number of hydrogen-bond acceptors (Lipinski definition) is 9. The van der Waals surface area contributed by atoms with E-state index in [0.29, 0.717) is 0 Å². The lowest BCUT2D eigenvalue weighted by Gasteiger charge is -2.26. The quantitative estimate of drug-likeness (QED) is 0.117. The van der Waals surface area contributed by atoms with Crippen LogP contribution in [0.5, 0.6) is 0 Å². The molecule has 1 saturated heterocycles. The van der Waals surface area contributed by atoms with Crippen molar-refractivity contribution in [1.82, 2.24) is 19.5 Å². The normalized spacial score (nSPS) is 19.7. The standard InChI is InChI=1S/C33H37ClN5O6Si/c1-8-23-24(18-43-46(21-12-10-9-11-13-21)22-16-14-20(15-17-22)31(2,3)4)44-28(33(23,41)42)39-19-35-25-26(36-29(34)38-27(25)39)37-30(40)45-32(5,6)7/h1,9-17,19,23-24,28,41-42H,18H2,2-7H3,(H,36,37,38,40). The van der Waals surface area contributed by atoms with Crippen molar-refractivity contribution in [2.75, 3.05) is 11.9 Å². The van der Waals surface area contributed by atoms with Gasteiger partial charge < -0.3 is 24.1 Å². The number of aromatic nitrogens is 4. The van der Waals surface area contributed by atoms with Gasteiger partial charge in [-0.3, -0.25) is 9.88 Å². The van der Waals surface area contributed by atoms with E-state index in [1.807, 2.05) is 30.3 Å². The first-order chi connectivity index (χ1) is 21.6. The molecular formula is C33H37ClN5O6Si. The highest BCUT2D eigenvalue weighted by Gasteiger charge is 2.56. The Kier molecular flexibility index (Phi) is 9.30. The van der Waals surface area contributed by atoms with Crippen LogP contribution in [-0.2, 0) is 19.3 Å². The fourth-order valence-electron chi connectivity index (χ4n) is 5.17. The van der Waals surface area contributed by atoms with Crippen molar-refractivity contribution in [1.29, 1.82) is 0 Å². The summed E-state index contributed by atoms with van der Waals surface area (Å²) in [6, 6.07) is 18.2. The Morgan fingerprint density at radius 3 is 2.35 bits per heavy atom. The van der Waals surface area contributed by atoms with Crippen LogP contribution in [0.25, 0.3) is 11.2 Å². The maximum atomic E-state index is 12.5. The Balaban J connectivity index is 1.42. The fourth-order valence-corrected chi connectivity index (χ4v) is 7.29. The van der Waals surface area contributed by atoms with Crippen LogP contribution in [0.1, 0.15) is 53.3 Å². The van der Waals surface area contributed by atoms with Crippen molar-refractivity contribution in [2.24, 2.45) is 5.92 Å². The van der Waals surface area contributed by atoms with E-state index in [-0.39, 0.29) is 34.3 Å². The molecule has 1 radical (unpaired) electrons. The van der Waals surface area contributed by atoms with E-state index in [2.05, 4.69) is 71.2 Å². The summed E-state index contributed by atoms with van der Waals surface area (Å²) in [5.41, 5.74) is 0.639. The first kappa shape index (κ1) is 33.5. The largest absolute Gasteiger partial charge is 0.444 e. The minimum atomic E-state index is -2.54. The summed E-state index contributed by atoms with van der Waals surface area (Å²) < 4.78 is 19.4. The fraction of sp³-hybridized carbons (Fsp3) is 0.394. The summed E-state index contributed by atoms with van der Waals surface area (Å²) in [6.07, 6.45) is 4.00. The highest BCUT2D eigenvalue weighted by Crippen LogP contribution is 2.42. The van der Waals surface area contributed by atoms with Gasteiger partial charge >= 0.3 is 6.09 Å². The summed E-state index contributed by atoms with van der Waals surface area (Å²) in [5.74, 6) is -1.26. The zero-order chi connectivity index (χ0) is 33.4. The number of imidazole rings is 1. The molecule has 13 heteroatoms. The second kappa shape index (κ2) is 12.8. The highest BCUT2D eigenvalue weighted by molar-refractivity contribution is 6.80. The molecule has 1 amide bonds. The number of rotatable bonds is 7. The van der Waals surface area contributed by atoms with Crippen LogP contribution in [0.4, 0.5) is 10.6 Å². The van der Waals surface area contributed by atoms with Gasteiger partial charge in [-0.1, -0.05) is 81.3 Å². The van der Waals surface area contributed by atoms with Gasteiger partial charge in [0.15, 0.2) is 23.2 Å². The average Bonchev–Trinajstić information content (AvgIpc) is 3.49. The third-order valence-electron chi connectivity index (χ3n) is 7.38. The lowest BCUT2D eigenvalue weighted by Crippen LogP contribution is -2.47. The van der Waals surface area contributed by atoms with Crippen LogP contribution >= 0.6 is 11.6 Å². The molecule has 1 aliphatic heterocycles. The third kappa shape index (κ3) is 7.10. The zero-order valence-electron chi connectivity index (χ0n) is 26.5. The molecule has 3 heterocycles. The van der Waals surface area contributed by atoms with Crippen molar-refractivity contribution in [2.45, 2.75) is 70.7 Å². The lowest BCUT2D eigenvalue weighted by atomic mass is 9.87. The number of fused-ring (bicyclic) bond motifs is 1. The van der Waals surface area contributed by atoms with Crippen LogP contribution in [0.2, 0.25) is 5.28 Å². The Morgan fingerprint density at radius 1 is 1.09 bits per heavy atom. The Hall–Kier alpha value is -3.83. The number of benzene rings is 2. The van der Waals surface area contributed by atoms with Crippen molar-refractivity contribution >= 4 is 54.1 Å². The number of carbonyl (C=O) groups excluding carboxylic acids is 1. The van der Waals surface area contributed by atoms with Crippen molar-refractivity contribution < 1.29 is 28.9 Å². The average molecular weight is 663 g/mol.